The van der Waals surface area contributed by atoms with Crippen LogP contribution in [0.5, 0.6) is 0 Å². The summed E-state index contributed by atoms with van der Waals surface area (Å²) in [7, 11) is 0. The summed E-state index contributed by atoms with van der Waals surface area (Å²) in [5.74, 6) is -0.0332. The average Bonchev–Trinajstić information content (AvgIpc) is 2.82. The van der Waals surface area contributed by atoms with E-state index in [1.165, 1.54) is 0 Å². The van der Waals surface area contributed by atoms with Crippen LogP contribution in [-0.2, 0) is 28.6 Å². The quantitative estimate of drug-likeness (QED) is 0.191. The topological polar surface area (TPSA) is 115 Å². The maximum atomic E-state index is 11.8. The van der Waals surface area contributed by atoms with E-state index < -0.39 is 0 Å². The van der Waals surface area contributed by atoms with Gasteiger partial charge in [0.1, 0.15) is 0 Å². The van der Waals surface area contributed by atoms with Gasteiger partial charge in [0.2, 0.25) is 17.7 Å². The van der Waals surface area contributed by atoms with Gasteiger partial charge in [-0.25, -0.2) is 0 Å². The van der Waals surface area contributed by atoms with Crippen LogP contribution in [0.4, 0.5) is 0 Å². The molecular weight excluding hydrogens is 438 g/mol. The van der Waals surface area contributed by atoms with Gasteiger partial charge in [0, 0.05) is 37.9 Å². The lowest BCUT2D eigenvalue weighted by Crippen LogP contribution is -2.34. The van der Waals surface area contributed by atoms with Crippen molar-refractivity contribution in [2.45, 2.75) is 97.6 Å². The lowest BCUT2D eigenvalue weighted by molar-refractivity contribution is -0.124. The fourth-order valence-corrected chi connectivity index (χ4v) is 3.29. The predicted octanol–water partition coefficient (Wildman–Crippen LogP) is 2.71. The van der Waals surface area contributed by atoms with Gasteiger partial charge < -0.3 is 30.2 Å². The number of hydrogen-bond acceptors (Lipinski definition) is 6. The Bertz CT molecular complexity index is 529. The highest BCUT2D eigenvalue weighted by molar-refractivity contribution is 5.79. The second-order valence-electron chi connectivity index (χ2n) is 8.33. The molecule has 0 heterocycles. The van der Waals surface area contributed by atoms with Crippen LogP contribution in [-0.4, -0.2) is 76.0 Å². The van der Waals surface area contributed by atoms with Gasteiger partial charge in [0.15, 0.2) is 0 Å². The minimum atomic E-state index is -0.0726. The van der Waals surface area contributed by atoms with Gasteiger partial charge >= 0.3 is 0 Å². The van der Waals surface area contributed by atoms with Crippen LogP contribution in [0.1, 0.15) is 85.5 Å². The monoisotopic (exact) mass is 487 g/mol. The van der Waals surface area contributed by atoms with Crippen molar-refractivity contribution in [3.8, 4) is 0 Å². The molecule has 0 saturated carbocycles. The van der Waals surface area contributed by atoms with Crippen molar-refractivity contribution in [2.75, 3.05) is 46.2 Å². The molecule has 0 spiro atoms. The highest BCUT2D eigenvalue weighted by Gasteiger charge is 2.10. The molecule has 0 rings (SSSR count). The molecule has 0 fully saturated rings. The summed E-state index contributed by atoms with van der Waals surface area (Å²) in [6, 6.07) is 0.476. The second kappa shape index (κ2) is 23.1. The molecule has 9 nitrogen and oxygen atoms in total. The van der Waals surface area contributed by atoms with Gasteiger partial charge in [-0.05, 0) is 32.1 Å². The third-order valence-corrected chi connectivity index (χ3v) is 5.44. The van der Waals surface area contributed by atoms with Crippen molar-refractivity contribution in [3.63, 3.8) is 0 Å². The maximum absolute atomic E-state index is 11.8. The van der Waals surface area contributed by atoms with Gasteiger partial charge in [-0.3, -0.25) is 14.4 Å². The third-order valence-electron chi connectivity index (χ3n) is 5.44. The normalized spacial score (nSPS) is 11.9. The highest BCUT2D eigenvalue weighted by atomic mass is 16.5. The van der Waals surface area contributed by atoms with Crippen molar-refractivity contribution < 1.29 is 28.6 Å². The van der Waals surface area contributed by atoms with Crippen molar-refractivity contribution in [2.24, 2.45) is 0 Å². The molecule has 9 heteroatoms. The lowest BCUT2D eigenvalue weighted by atomic mass is 10.1. The van der Waals surface area contributed by atoms with Gasteiger partial charge in [-0.2, -0.15) is 0 Å². The number of hydrogen-bond donors (Lipinski definition) is 3. The Labute approximate surface area is 206 Å². The van der Waals surface area contributed by atoms with Crippen molar-refractivity contribution >= 4 is 17.7 Å². The molecule has 0 aromatic carbocycles. The largest absolute Gasteiger partial charge is 0.379 e. The van der Waals surface area contributed by atoms with E-state index >= 15 is 0 Å². The minimum Gasteiger partial charge on any atom is -0.379 e. The molecular formula is C25H49N3O6. The number of rotatable bonds is 23. The van der Waals surface area contributed by atoms with E-state index in [1.54, 1.807) is 0 Å². The molecule has 1 unspecified atom stereocenters. The fraction of sp³-hybridized carbons (Fsp3) is 0.880. The molecule has 0 radical (unpaired) electrons. The summed E-state index contributed by atoms with van der Waals surface area (Å²) < 4.78 is 16.3. The zero-order valence-corrected chi connectivity index (χ0v) is 21.9. The summed E-state index contributed by atoms with van der Waals surface area (Å²) in [5, 5.41) is 8.78. The van der Waals surface area contributed by atoms with Crippen molar-refractivity contribution in [1.29, 1.82) is 0 Å². The van der Waals surface area contributed by atoms with Gasteiger partial charge in [0.25, 0.3) is 0 Å². The summed E-state index contributed by atoms with van der Waals surface area (Å²) in [6.07, 6.45) is 6.45. The van der Waals surface area contributed by atoms with E-state index in [0.29, 0.717) is 71.9 Å². The first kappa shape index (κ1) is 32.3. The van der Waals surface area contributed by atoms with Crippen LogP contribution in [0, 0.1) is 0 Å². The Morgan fingerprint density at radius 3 is 1.71 bits per heavy atom. The molecule has 0 bridgehead atoms. The SMILES string of the molecule is CCCC(CC)NC(=O)CCOCCOCCOCCNC(=O)CCCC(=O)NC(CC)CC. The molecule has 0 saturated heterocycles. The number of amides is 3. The van der Waals surface area contributed by atoms with E-state index in [2.05, 4.69) is 29.8 Å². The van der Waals surface area contributed by atoms with Crippen LogP contribution in [0.3, 0.4) is 0 Å². The van der Waals surface area contributed by atoms with Crippen LogP contribution >= 0.6 is 0 Å². The zero-order valence-electron chi connectivity index (χ0n) is 21.9. The summed E-state index contributed by atoms with van der Waals surface area (Å²) in [4.78, 5) is 35.4. The van der Waals surface area contributed by atoms with E-state index in [9.17, 15) is 14.4 Å². The molecule has 34 heavy (non-hydrogen) atoms. The molecule has 0 aromatic heterocycles. The standard InChI is InChI=1S/C25H49N3O6/c1-5-10-22(8-4)28-25(31)13-15-32-17-19-34-20-18-33-16-14-26-23(29)11-9-12-24(30)27-21(6-2)7-3/h21-22H,5-20H2,1-4H3,(H,26,29)(H,27,30)(H,28,31). The number of carbonyl (C=O) groups is 3. The first-order chi connectivity index (χ1) is 16.5. The van der Waals surface area contributed by atoms with E-state index in [-0.39, 0.29) is 29.8 Å². The molecule has 0 aliphatic carbocycles. The van der Waals surface area contributed by atoms with E-state index in [4.69, 9.17) is 14.2 Å². The molecule has 3 N–H and O–H groups in total. The Balaban J connectivity index is 3.45. The average molecular weight is 488 g/mol. The van der Waals surface area contributed by atoms with Gasteiger partial charge in [-0.15, -0.1) is 0 Å². The van der Waals surface area contributed by atoms with Crippen LogP contribution in [0.15, 0.2) is 0 Å². The van der Waals surface area contributed by atoms with E-state index in [0.717, 1.165) is 32.1 Å². The summed E-state index contributed by atoms with van der Waals surface area (Å²) in [5.41, 5.74) is 0. The van der Waals surface area contributed by atoms with Crippen LogP contribution in [0.2, 0.25) is 0 Å². The van der Waals surface area contributed by atoms with Gasteiger partial charge in [0.05, 0.1) is 39.6 Å². The second-order valence-corrected chi connectivity index (χ2v) is 8.33. The summed E-state index contributed by atoms with van der Waals surface area (Å²) >= 11 is 0. The van der Waals surface area contributed by atoms with Crippen molar-refractivity contribution in [3.05, 3.63) is 0 Å². The zero-order chi connectivity index (χ0) is 25.4. The van der Waals surface area contributed by atoms with Gasteiger partial charge in [-0.1, -0.05) is 34.1 Å². The first-order valence-corrected chi connectivity index (χ1v) is 13.0. The van der Waals surface area contributed by atoms with Crippen LogP contribution < -0.4 is 16.0 Å². The Morgan fingerprint density at radius 1 is 0.618 bits per heavy atom. The first-order valence-electron chi connectivity index (χ1n) is 13.0. The lowest BCUT2D eigenvalue weighted by Gasteiger charge is -2.15. The highest BCUT2D eigenvalue weighted by Crippen LogP contribution is 2.02. The molecule has 200 valence electrons. The fourth-order valence-electron chi connectivity index (χ4n) is 3.29. The van der Waals surface area contributed by atoms with E-state index in [1.807, 2.05) is 13.8 Å². The Morgan fingerprint density at radius 2 is 1.12 bits per heavy atom. The molecule has 1 atom stereocenters. The third kappa shape index (κ3) is 19.7. The minimum absolute atomic E-state index is 0.00764. The Kier molecular flexibility index (Phi) is 21.9. The van der Waals surface area contributed by atoms with Crippen LogP contribution in [0.25, 0.3) is 0 Å². The molecule has 3 amide bonds. The predicted molar refractivity (Wildman–Crippen MR) is 134 cm³/mol. The van der Waals surface area contributed by atoms with Crippen molar-refractivity contribution in [1.82, 2.24) is 16.0 Å². The number of nitrogens with one attached hydrogen (secondary N) is 3. The molecule has 0 aromatic rings. The smallest absolute Gasteiger partial charge is 0.222 e. The number of ether oxygens (including phenoxy) is 3. The Hall–Kier alpha value is -1.71. The summed E-state index contributed by atoms with van der Waals surface area (Å²) in [6.45, 7) is 11.3. The number of carbonyl (C=O) groups excluding carboxylic acids is 3. The molecule has 0 aliphatic rings. The maximum Gasteiger partial charge on any atom is 0.222 e. The molecule has 0 aliphatic heterocycles.